The molecule has 1 aromatic carbocycles. The molecule has 0 aliphatic carbocycles. The zero-order chi connectivity index (χ0) is 24.4. The maximum absolute atomic E-state index is 12.9. The summed E-state index contributed by atoms with van der Waals surface area (Å²) >= 11 is 0. The van der Waals surface area contributed by atoms with Gasteiger partial charge in [0.2, 0.25) is 17.7 Å². The van der Waals surface area contributed by atoms with Gasteiger partial charge in [-0.2, -0.15) is 0 Å². The minimum Gasteiger partial charge on any atom is -0.491 e. The van der Waals surface area contributed by atoms with Gasteiger partial charge in [-0.1, -0.05) is 0 Å². The van der Waals surface area contributed by atoms with Crippen LogP contribution in [0.3, 0.4) is 0 Å². The zero-order valence-corrected chi connectivity index (χ0v) is 19.3. The van der Waals surface area contributed by atoms with Crippen molar-refractivity contribution in [1.29, 1.82) is 0 Å². The predicted octanol–water partition coefficient (Wildman–Crippen LogP) is 1.24. The average molecular weight is 478 g/mol. The number of fused-ring (bicyclic) bond motifs is 1. The van der Waals surface area contributed by atoms with Crippen LogP contribution in [0.25, 0.3) is 0 Å². The van der Waals surface area contributed by atoms with Crippen molar-refractivity contribution in [1.82, 2.24) is 25.1 Å². The van der Waals surface area contributed by atoms with Crippen molar-refractivity contribution < 1.29 is 23.9 Å². The van der Waals surface area contributed by atoms with Gasteiger partial charge in [0.15, 0.2) is 0 Å². The molecule has 3 aliphatic heterocycles. The largest absolute Gasteiger partial charge is 0.491 e. The van der Waals surface area contributed by atoms with E-state index in [-0.39, 0.29) is 36.6 Å². The van der Waals surface area contributed by atoms with Gasteiger partial charge in [0.05, 0.1) is 12.5 Å². The van der Waals surface area contributed by atoms with Crippen LogP contribution < -0.4 is 10.1 Å². The summed E-state index contributed by atoms with van der Waals surface area (Å²) in [6.07, 6.45) is 8.43. The van der Waals surface area contributed by atoms with E-state index in [0.717, 1.165) is 30.4 Å². The number of nitrogens with zero attached hydrogens (tertiary/aromatic N) is 4. The number of aromatic nitrogens is 2. The van der Waals surface area contributed by atoms with Crippen LogP contribution in [-0.2, 0) is 27.3 Å². The molecule has 1 unspecified atom stereocenters. The molecule has 3 aliphatic rings. The highest BCUT2D eigenvalue weighted by molar-refractivity contribution is 6.05. The minimum atomic E-state index is -0.645. The molecule has 1 N–H and O–H groups in total. The van der Waals surface area contributed by atoms with Crippen LogP contribution in [0.4, 0.5) is 0 Å². The number of piperidine rings is 2. The molecule has 0 spiro atoms. The third-order valence-corrected chi connectivity index (χ3v) is 6.85. The predicted molar refractivity (Wildman–Crippen MR) is 123 cm³/mol. The highest BCUT2D eigenvalue weighted by atomic mass is 16.5. The van der Waals surface area contributed by atoms with Gasteiger partial charge in [-0.3, -0.25) is 24.5 Å². The number of ether oxygens (including phenoxy) is 1. The second-order valence-corrected chi connectivity index (χ2v) is 9.19. The Kier molecular flexibility index (Phi) is 6.43. The van der Waals surface area contributed by atoms with Crippen LogP contribution in [0.5, 0.6) is 5.75 Å². The van der Waals surface area contributed by atoms with Gasteiger partial charge in [0.25, 0.3) is 5.91 Å². The summed E-state index contributed by atoms with van der Waals surface area (Å²) in [6, 6.07) is 4.62. The van der Waals surface area contributed by atoms with Crippen LogP contribution in [0, 0.1) is 0 Å². The van der Waals surface area contributed by atoms with Crippen LogP contribution >= 0.6 is 0 Å². The molecule has 35 heavy (non-hydrogen) atoms. The number of carbonyl (C=O) groups excluding carboxylic acids is 4. The molecule has 0 saturated carbocycles. The van der Waals surface area contributed by atoms with Crippen molar-refractivity contribution in [2.75, 3.05) is 13.2 Å². The van der Waals surface area contributed by atoms with E-state index >= 15 is 0 Å². The van der Waals surface area contributed by atoms with Gasteiger partial charge in [-0.25, -0.2) is 9.97 Å². The molecule has 182 valence electrons. The minimum absolute atomic E-state index is 0.0317. The van der Waals surface area contributed by atoms with Crippen molar-refractivity contribution in [3.8, 4) is 5.75 Å². The number of nitrogens with one attached hydrogen (secondary N) is 1. The Bertz CT molecular complexity index is 1150. The van der Waals surface area contributed by atoms with E-state index in [0.29, 0.717) is 37.4 Å². The Morgan fingerprint density at radius 1 is 1.11 bits per heavy atom. The number of hydrogen-bond acceptors (Lipinski definition) is 7. The van der Waals surface area contributed by atoms with E-state index in [2.05, 4.69) is 15.3 Å². The van der Waals surface area contributed by atoms with E-state index in [1.807, 2.05) is 11.0 Å². The highest BCUT2D eigenvalue weighted by Crippen LogP contribution is 2.30. The topological polar surface area (TPSA) is 122 Å². The van der Waals surface area contributed by atoms with E-state index in [4.69, 9.17) is 4.74 Å². The number of hydrogen-bond donors (Lipinski definition) is 1. The maximum atomic E-state index is 12.9. The monoisotopic (exact) mass is 477 g/mol. The Morgan fingerprint density at radius 2 is 1.94 bits per heavy atom. The molecule has 1 aromatic heterocycles. The lowest BCUT2D eigenvalue weighted by atomic mass is 10.0. The first-order valence-electron chi connectivity index (χ1n) is 11.9. The number of imide groups is 1. The summed E-state index contributed by atoms with van der Waals surface area (Å²) in [7, 11) is 0. The second-order valence-electron chi connectivity index (χ2n) is 9.19. The molecular weight excluding hydrogens is 450 g/mol. The molecule has 10 heteroatoms. The van der Waals surface area contributed by atoms with Gasteiger partial charge >= 0.3 is 0 Å². The fourth-order valence-corrected chi connectivity index (χ4v) is 5.03. The van der Waals surface area contributed by atoms with Crippen molar-refractivity contribution in [2.24, 2.45) is 0 Å². The lowest BCUT2D eigenvalue weighted by Crippen LogP contribution is -2.52. The molecule has 10 nitrogen and oxygen atoms in total. The number of benzene rings is 1. The number of likely N-dealkylation sites (tertiary alicyclic amines) is 1. The molecule has 5 rings (SSSR count). The zero-order valence-electron chi connectivity index (χ0n) is 19.3. The Balaban J connectivity index is 1.22. The molecule has 0 bridgehead atoms. The number of carbonyl (C=O) groups is 4. The summed E-state index contributed by atoms with van der Waals surface area (Å²) < 4.78 is 6.08. The standard InChI is InChI=1S/C25H27N5O5/c31-22-7-6-21(24(33)28-22)30-13-17-10-19(4-5-20(17)25(30)34)35-14-18-3-1-2-8-29(18)23(32)9-16-11-26-15-27-12-16/h4-5,10-12,15,18,21H,1-3,6-9,13-14H2,(H,28,31,33)/t18-,21?/m0/s1. The molecule has 2 saturated heterocycles. The number of amides is 4. The SMILES string of the molecule is O=C1CCC(N2Cc3cc(OC[C@@H]4CCCCN4C(=O)Cc4cncnc4)ccc3C2=O)C(=O)N1. The third-order valence-electron chi connectivity index (χ3n) is 6.85. The van der Waals surface area contributed by atoms with Gasteiger partial charge in [0, 0.05) is 37.5 Å². The molecule has 2 aromatic rings. The molecule has 2 fully saturated rings. The van der Waals surface area contributed by atoms with E-state index in [9.17, 15) is 19.2 Å². The first-order valence-corrected chi connectivity index (χ1v) is 11.9. The van der Waals surface area contributed by atoms with Gasteiger partial charge < -0.3 is 14.5 Å². The Hall–Kier alpha value is -3.82. The average Bonchev–Trinajstić information content (AvgIpc) is 3.19. The van der Waals surface area contributed by atoms with E-state index in [1.165, 1.54) is 11.2 Å². The smallest absolute Gasteiger partial charge is 0.255 e. The van der Waals surface area contributed by atoms with Crippen molar-refractivity contribution in [2.45, 2.75) is 57.2 Å². The molecule has 4 amide bonds. The molecule has 2 atom stereocenters. The van der Waals surface area contributed by atoms with Crippen LogP contribution in [0.2, 0.25) is 0 Å². The quantitative estimate of drug-likeness (QED) is 0.621. The van der Waals surface area contributed by atoms with Gasteiger partial charge in [0.1, 0.15) is 24.7 Å². The van der Waals surface area contributed by atoms with Crippen LogP contribution in [0.1, 0.15) is 53.6 Å². The summed E-state index contributed by atoms with van der Waals surface area (Å²) in [5.41, 5.74) is 2.12. The number of rotatable bonds is 6. The van der Waals surface area contributed by atoms with Crippen molar-refractivity contribution >= 4 is 23.6 Å². The van der Waals surface area contributed by atoms with Gasteiger partial charge in [-0.15, -0.1) is 0 Å². The molecule has 0 radical (unpaired) electrons. The summed E-state index contributed by atoms with van der Waals surface area (Å²) in [5, 5.41) is 2.31. The third kappa shape index (κ3) is 4.87. The maximum Gasteiger partial charge on any atom is 0.255 e. The Labute approximate surface area is 202 Å². The lowest BCUT2D eigenvalue weighted by Gasteiger charge is -2.35. The molecule has 4 heterocycles. The fraction of sp³-hybridized carbons (Fsp3) is 0.440. The Morgan fingerprint density at radius 3 is 2.74 bits per heavy atom. The summed E-state index contributed by atoms with van der Waals surface area (Å²) in [5.74, 6) is -0.292. The summed E-state index contributed by atoms with van der Waals surface area (Å²) in [4.78, 5) is 60.9. The van der Waals surface area contributed by atoms with Crippen molar-refractivity contribution in [3.05, 3.63) is 53.6 Å². The van der Waals surface area contributed by atoms with E-state index < -0.39 is 11.9 Å². The first kappa shape index (κ1) is 22.9. The second kappa shape index (κ2) is 9.81. The normalized spacial score (nSPS) is 22.1. The summed E-state index contributed by atoms with van der Waals surface area (Å²) in [6.45, 7) is 1.35. The molecular formula is C25H27N5O5. The lowest BCUT2D eigenvalue weighted by molar-refractivity contribution is -0.137. The van der Waals surface area contributed by atoms with Crippen LogP contribution in [0.15, 0.2) is 36.9 Å². The first-order chi connectivity index (χ1) is 17.0. The van der Waals surface area contributed by atoms with Gasteiger partial charge in [-0.05, 0) is 55.0 Å². The fourth-order valence-electron chi connectivity index (χ4n) is 5.03. The van der Waals surface area contributed by atoms with Crippen molar-refractivity contribution in [3.63, 3.8) is 0 Å². The highest BCUT2D eigenvalue weighted by Gasteiger charge is 2.39. The van der Waals surface area contributed by atoms with E-state index in [1.54, 1.807) is 24.5 Å². The van der Waals surface area contributed by atoms with Crippen LogP contribution in [-0.4, -0.2) is 68.6 Å².